The summed E-state index contributed by atoms with van der Waals surface area (Å²) in [6.45, 7) is 7.22. The molecule has 0 fully saturated rings. The highest BCUT2D eigenvalue weighted by molar-refractivity contribution is 6.07. The van der Waals surface area contributed by atoms with E-state index in [1.165, 1.54) is 0 Å². The van der Waals surface area contributed by atoms with Gasteiger partial charge in [0.1, 0.15) is 5.75 Å². The van der Waals surface area contributed by atoms with E-state index < -0.39 is 6.10 Å². The smallest absolute Gasteiger partial charge is 0.262 e. The molecular formula is C23H28N2O4. The van der Waals surface area contributed by atoms with Crippen LogP contribution in [0.3, 0.4) is 0 Å². The number of hydrogen-bond donors (Lipinski definition) is 1. The third-order valence-corrected chi connectivity index (χ3v) is 4.64. The molecule has 3 rings (SSSR count). The standard InChI is InChI=1S/C23H28N2O4/c1-4-13-24-22(26)21-14-25(19-7-5-6-8-20(19)29-21)23(27)18-11-9-17(10-12-18)15-28-16(2)3/h5-12,16,21H,4,13-15H2,1-3H3,(H,24,26)/t21-/m1/s1. The average molecular weight is 396 g/mol. The number of carbonyl (C=O) groups is 2. The maximum Gasteiger partial charge on any atom is 0.262 e. The van der Waals surface area contributed by atoms with Crippen LogP contribution < -0.4 is 15.0 Å². The molecular weight excluding hydrogens is 368 g/mol. The Kier molecular flexibility index (Phi) is 6.88. The van der Waals surface area contributed by atoms with Gasteiger partial charge in [0.2, 0.25) is 0 Å². The lowest BCUT2D eigenvalue weighted by molar-refractivity contribution is -0.127. The number of nitrogens with one attached hydrogen (secondary N) is 1. The highest BCUT2D eigenvalue weighted by atomic mass is 16.5. The molecule has 2 amide bonds. The number of fused-ring (bicyclic) bond motifs is 1. The maximum atomic E-state index is 13.2. The fraction of sp³-hybridized carbons (Fsp3) is 0.391. The zero-order valence-corrected chi connectivity index (χ0v) is 17.2. The number of nitrogens with zero attached hydrogens (tertiary/aromatic N) is 1. The van der Waals surface area contributed by atoms with E-state index in [4.69, 9.17) is 9.47 Å². The molecule has 2 aromatic carbocycles. The minimum absolute atomic E-state index is 0.150. The molecule has 0 unspecified atom stereocenters. The predicted octanol–water partition coefficient (Wildman–Crippen LogP) is 3.55. The summed E-state index contributed by atoms with van der Waals surface area (Å²) in [5.74, 6) is 0.163. The van der Waals surface area contributed by atoms with Crippen LogP contribution in [-0.4, -0.2) is 37.1 Å². The first-order valence-electron chi connectivity index (χ1n) is 10.1. The van der Waals surface area contributed by atoms with Crippen molar-refractivity contribution in [2.24, 2.45) is 0 Å². The van der Waals surface area contributed by atoms with Gasteiger partial charge in [-0.1, -0.05) is 31.2 Å². The number of carbonyl (C=O) groups excluding carboxylic acids is 2. The van der Waals surface area contributed by atoms with Crippen LogP contribution in [0.5, 0.6) is 5.75 Å². The summed E-state index contributed by atoms with van der Waals surface area (Å²) in [6.07, 6.45) is 0.251. The summed E-state index contributed by atoms with van der Waals surface area (Å²) in [6, 6.07) is 14.7. The molecule has 1 aliphatic heterocycles. The van der Waals surface area contributed by atoms with Crippen LogP contribution in [0.4, 0.5) is 5.69 Å². The minimum Gasteiger partial charge on any atom is -0.477 e. The highest BCUT2D eigenvalue weighted by Crippen LogP contribution is 2.34. The van der Waals surface area contributed by atoms with Crippen LogP contribution in [0, 0.1) is 0 Å². The van der Waals surface area contributed by atoms with E-state index in [2.05, 4.69) is 5.32 Å². The second kappa shape index (κ2) is 9.56. The van der Waals surface area contributed by atoms with Gasteiger partial charge in [-0.15, -0.1) is 0 Å². The van der Waals surface area contributed by atoms with Crippen molar-refractivity contribution < 1.29 is 19.1 Å². The van der Waals surface area contributed by atoms with E-state index in [-0.39, 0.29) is 24.5 Å². The molecule has 0 radical (unpaired) electrons. The Morgan fingerprint density at radius 1 is 1.17 bits per heavy atom. The predicted molar refractivity (Wildman–Crippen MR) is 112 cm³/mol. The summed E-state index contributed by atoms with van der Waals surface area (Å²) in [5, 5.41) is 2.85. The van der Waals surface area contributed by atoms with Crippen LogP contribution in [0.25, 0.3) is 0 Å². The molecule has 0 saturated heterocycles. The third kappa shape index (κ3) is 5.15. The average Bonchev–Trinajstić information content (AvgIpc) is 2.75. The molecule has 29 heavy (non-hydrogen) atoms. The third-order valence-electron chi connectivity index (χ3n) is 4.64. The first-order chi connectivity index (χ1) is 14.0. The summed E-state index contributed by atoms with van der Waals surface area (Å²) in [5.41, 5.74) is 2.24. The fourth-order valence-corrected chi connectivity index (χ4v) is 3.09. The molecule has 1 heterocycles. The SMILES string of the molecule is CCCNC(=O)[C@H]1CN(C(=O)c2ccc(COC(C)C)cc2)c2ccccc2O1. The van der Waals surface area contributed by atoms with Gasteiger partial charge in [-0.3, -0.25) is 9.59 Å². The van der Waals surface area contributed by atoms with Gasteiger partial charge in [0.25, 0.3) is 11.8 Å². The second-order valence-electron chi connectivity index (χ2n) is 7.34. The molecule has 6 heteroatoms. The first kappa shape index (κ1) is 20.9. The van der Waals surface area contributed by atoms with Gasteiger partial charge in [0.15, 0.2) is 6.10 Å². The Morgan fingerprint density at radius 3 is 2.59 bits per heavy atom. The van der Waals surface area contributed by atoms with Gasteiger partial charge in [0.05, 0.1) is 24.9 Å². The van der Waals surface area contributed by atoms with Crippen molar-refractivity contribution in [3.8, 4) is 5.75 Å². The quantitative estimate of drug-likeness (QED) is 0.777. The van der Waals surface area contributed by atoms with Gasteiger partial charge in [-0.05, 0) is 50.1 Å². The number of rotatable bonds is 7. The largest absolute Gasteiger partial charge is 0.477 e. The Balaban J connectivity index is 1.80. The number of ether oxygens (including phenoxy) is 2. The van der Waals surface area contributed by atoms with E-state index in [1.807, 2.05) is 51.1 Å². The van der Waals surface area contributed by atoms with Gasteiger partial charge < -0.3 is 19.7 Å². The summed E-state index contributed by atoms with van der Waals surface area (Å²) >= 11 is 0. The zero-order valence-electron chi connectivity index (χ0n) is 17.2. The number of para-hydroxylation sites is 2. The lowest BCUT2D eigenvalue weighted by Gasteiger charge is -2.34. The maximum absolute atomic E-state index is 13.2. The van der Waals surface area contributed by atoms with Crippen LogP contribution in [0.2, 0.25) is 0 Å². The lowest BCUT2D eigenvalue weighted by atomic mass is 10.1. The Morgan fingerprint density at radius 2 is 1.90 bits per heavy atom. The highest BCUT2D eigenvalue weighted by Gasteiger charge is 2.34. The Labute approximate surface area is 171 Å². The lowest BCUT2D eigenvalue weighted by Crippen LogP contribution is -2.50. The summed E-state index contributed by atoms with van der Waals surface area (Å²) < 4.78 is 11.5. The normalized spacial score (nSPS) is 15.6. The Hall–Kier alpha value is -2.86. The summed E-state index contributed by atoms with van der Waals surface area (Å²) in [7, 11) is 0. The monoisotopic (exact) mass is 396 g/mol. The van der Waals surface area contributed by atoms with E-state index in [1.54, 1.807) is 23.1 Å². The number of anilines is 1. The van der Waals surface area contributed by atoms with Crippen LogP contribution in [0.1, 0.15) is 43.1 Å². The van der Waals surface area contributed by atoms with Gasteiger partial charge >= 0.3 is 0 Å². The van der Waals surface area contributed by atoms with Crippen LogP contribution in [0.15, 0.2) is 48.5 Å². The summed E-state index contributed by atoms with van der Waals surface area (Å²) in [4.78, 5) is 27.3. The van der Waals surface area contributed by atoms with E-state index in [0.717, 1.165) is 12.0 Å². The minimum atomic E-state index is -0.737. The van der Waals surface area contributed by atoms with Crippen molar-refractivity contribution in [1.82, 2.24) is 5.32 Å². The molecule has 1 aliphatic rings. The Bertz CT molecular complexity index is 848. The number of hydrogen-bond acceptors (Lipinski definition) is 4. The molecule has 6 nitrogen and oxygen atoms in total. The molecule has 0 aromatic heterocycles. The van der Waals surface area contributed by atoms with Crippen molar-refractivity contribution >= 4 is 17.5 Å². The molecule has 0 bridgehead atoms. The number of benzene rings is 2. The van der Waals surface area contributed by atoms with Crippen molar-refractivity contribution in [1.29, 1.82) is 0 Å². The van der Waals surface area contributed by atoms with E-state index in [0.29, 0.717) is 30.2 Å². The second-order valence-corrected chi connectivity index (χ2v) is 7.34. The molecule has 0 aliphatic carbocycles. The first-order valence-corrected chi connectivity index (χ1v) is 10.1. The van der Waals surface area contributed by atoms with Crippen LogP contribution >= 0.6 is 0 Å². The van der Waals surface area contributed by atoms with E-state index >= 15 is 0 Å². The topological polar surface area (TPSA) is 67.9 Å². The van der Waals surface area contributed by atoms with Crippen molar-refractivity contribution in [2.45, 2.75) is 46.0 Å². The van der Waals surface area contributed by atoms with Gasteiger partial charge in [0, 0.05) is 12.1 Å². The number of amides is 2. The molecule has 1 N–H and O–H groups in total. The molecule has 1 atom stereocenters. The van der Waals surface area contributed by atoms with Crippen molar-refractivity contribution in [3.63, 3.8) is 0 Å². The van der Waals surface area contributed by atoms with Crippen molar-refractivity contribution in [3.05, 3.63) is 59.7 Å². The molecule has 0 saturated carbocycles. The van der Waals surface area contributed by atoms with E-state index in [9.17, 15) is 9.59 Å². The van der Waals surface area contributed by atoms with Gasteiger partial charge in [-0.25, -0.2) is 0 Å². The fourth-order valence-electron chi connectivity index (χ4n) is 3.09. The molecule has 0 spiro atoms. The van der Waals surface area contributed by atoms with Gasteiger partial charge in [-0.2, -0.15) is 0 Å². The zero-order chi connectivity index (χ0) is 20.8. The molecule has 2 aromatic rings. The van der Waals surface area contributed by atoms with Crippen LogP contribution in [-0.2, 0) is 16.1 Å². The van der Waals surface area contributed by atoms with Crippen molar-refractivity contribution in [2.75, 3.05) is 18.0 Å². The molecule has 154 valence electrons.